The van der Waals surface area contributed by atoms with E-state index >= 15 is 0 Å². The molecule has 3 heterocycles. The molecule has 13 heteroatoms. The van der Waals surface area contributed by atoms with E-state index in [-0.39, 0.29) is 37.4 Å². The van der Waals surface area contributed by atoms with Crippen LogP contribution in [0.3, 0.4) is 0 Å². The van der Waals surface area contributed by atoms with Crippen molar-refractivity contribution in [3.8, 4) is 0 Å². The predicted octanol–water partition coefficient (Wildman–Crippen LogP) is 3.41. The van der Waals surface area contributed by atoms with Gasteiger partial charge in [-0.25, -0.2) is 23.2 Å². The topological polar surface area (TPSA) is 168 Å². The second-order valence-electron chi connectivity index (χ2n) is 7.84. The highest BCUT2D eigenvalue weighted by Gasteiger charge is 2.29. The average Bonchev–Trinajstić information content (AvgIpc) is 3.50. The largest absolute Gasteiger partial charge is 0.481 e. The summed E-state index contributed by atoms with van der Waals surface area (Å²) in [4.78, 5) is 48.6. The molecular weight excluding hydrogens is 494 g/mol. The molecule has 3 N–H and O–H groups in total. The molecule has 0 atom stereocenters. The van der Waals surface area contributed by atoms with Crippen molar-refractivity contribution in [1.82, 2.24) is 15.0 Å². The van der Waals surface area contributed by atoms with E-state index in [1.807, 2.05) is 0 Å². The number of carboxylic acid groups (broad SMARTS) is 1. The van der Waals surface area contributed by atoms with Gasteiger partial charge in [-0.05, 0) is 31.0 Å². The SMILES string of the molecule is O=C(O)Cc1nc(NC(=O)Nc2cnccc2C(=O)C2CCCC2)sc1S(=O)(=O)c1ccccn1. The summed E-state index contributed by atoms with van der Waals surface area (Å²) in [5, 5.41) is 13.8. The average molecular weight is 516 g/mol. The van der Waals surface area contributed by atoms with Gasteiger partial charge in [0, 0.05) is 23.9 Å². The highest BCUT2D eigenvalue weighted by atomic mass is 32.2. The Balaban J connectivity index is 1.57. The molecule has 0 unspecified atom stereocenters. The molecule has 0 spiro atoms. The normalized spacial score (nSPS) is 13.9. The Labute approximate surface area is 204 Å². The molecule has 0 saturated heterocycles. The molecular formula is C22H21N5O6S2. The van der Waals surface area contributed by atoms with Gasteiger partial charge in [0.15, 0.2) is 20.1 Å². The smallest absolute Gasteiger partial charge is 0.325 e. The van der Waals surface area contributed by atoms with Gasteiger partial charge in [0.05, 0.1) is 24.0 Å². The first-order valence-electron chi connectivity index (χ1n) is 10.7. The Morgan fingerprint density at radius 3 is 2.54 bits per heavy atom. The molecule has 1 aliphatic carbocycles. The van der Waals surface area contributed by atoms with Gasteiger partial charge in [0.2, 0.25) is 9.84 Å². The number of sulfone groups is 1. The minimum absolute atomic E-state index is 0.0677. The quantitative estimate of drug-likeness (QED) is 0.381. The Morgan fingerprint density at radius 2 is 1.86 bits per heavy atom. The van der Waals surface area contributed by atoms with Crippen LogP contribution in [0.15, 0.2) is 52.1 Å². The number of ketones is 1. The van der Waals surface area contributed by atoms with Crippen LogP contribution in [-0.2, 0) is 21.1 Å². The number of aliphatic carboxylic acids is 1. The van der Waals surface area contributed by atoms with Gasteiger partial charge < -0.3 is 10.4 Å². The van der Waals surface area contributed by atoms with Crippen LogP contribution in [-0.4, -0.2) is 46.3 Å². The van der Waals surface area contributed by atoms with Gasteiger partial charge in [-0.3, -0.25) is 19.9 Å². The van der Waals surface area contributed by atoms with Crippen LogP contribution in [0.25, 0.3) is 0 Å². The van der Waals surface area contributed by atoms with Crippen LogP contribution in [0.4, 0.5) is 15.6 Å². The summed E-state index contributed by atoms with van der Waals surface area (Å²) in [6, 6.07) is 5.08. The fourth-order valence-electron chi connectivity index (χ4n) is 3.82. The number of nitrogens with zero attached hydrogens (tertiary/aromatic N) is 3. The van der Waals surface area contributed by atoms with Gasteiger partial charge in [0.25, 0.3) is 0 Å². The fraction of sp³-hybridized carbons (Fsp3) is 0.273. The lowest BCUT2D eigenvalue weighted by Crippen LogP contribution is -2.22. The molecule has 182 valence electrons. The molecule has 11 nitrogen and oxygen atoms in total. The third kappa shape index (κ3) is 5.52. The van der Waals surface area contributed by atoms with Crippen molar-refractivity contribution >= 4 is 49.8 Å². The van der Waals surface area contributed by atoms with E-state index in [1.54, 1.807) is 12.1 Å². The number of carbonyl (C=O) groups is 3. The van der Waals surface area contributed by atoms with E-state index < -0.39 is 28.3 Å². The van der Waals surface area contributed by atoms with E-state index in [0.29, 0.717) is 16.9 Å². The number of hydrogen-bond acceptors (Lipinski definition) is 9. The summed E-state index contributed by atoms with van der Waals surface area (Å²) < 4.78 is 25.7. The van der Waals surface area contributed by atoms with Crippen LogP contribution in [0.5, 0.6) is 0 Å². The van der Waals surface area contributed by atoms with E-state index in [9.17, 15) is 27.9 Å². The number of hydrogen-bond donors (Lipinski definition) is 3. The molecule has 3 aromatic heterocycles. The molecule has 0 aromatic carbocycles. The number of nitrogens with one attached hydrogen (secondary N) is 2. The highest BCUT2D eigenvalue weighted by Crippen LogP contribution is 2.33. The van der Waals surface area contributed by atoms with E-state index in [4.69, 9.17) is 0 Å². The number of urea groups is 1. The first-order chi connectivity index (χ1) is 16.8. The van der Waals surface area contributed by atoms with Crippen molar-refractivity contribution in [1.29, 1.82) is 0 Å². The summed E-state index contributed by atoms with van der Waals surface area (Å²) in [7, 11) is -4.16. The van der Waals surface area contributed by atoms with E-state index in [0.717, 1.165) is 25.7 Å². The van der Waals surface area contributed by atoms with Crippen LogP contribution >= 0.6 is 11.3 Å². The van der Waals surface area contributed by atoms with Crippen LogP contribution < -0.4 is 10.6 Å². The van der Waals surface area contributed by atoms with Gasteiger partial charge in [0.1, 0.15) is 0 Å². The number of Topliss-reactive ketones (excluding diaryl/α,β-unsaturated/α-hetero) is 1. The number of thiazole rings is 1. The number of carbonyl (C=O) groups excluding carboxylic acids is 2. The molecule has 1 aliphatic rings. The first-order valence-corrected chi connectivity index (χ1v) is 13.0. The third-order valence-corrected chi connectivity index (χ3v) is 8.65. The number of rotatable bonds is 8. The summed E-state index contributed by atoms with van der Waals surface area (Å²) in [5.74, 6) is -1.45. The summed E-state index contributed by atoms with van der Waals surface area (Å²) in [6.07, 6.45) is 7.03. The predicted molar refractivity (Wildman–Crippen MR) is 126 cm³/mol. The number of pyridine rings is 2. The Hall–Kier alpha value is -3.71. The maximum atomic E-state index is 13.0. The second kappa shape index (κ2) is 10.3. The van der Waals surface area contributed by atoms with Crippen LogP contribution in [0.1, 0.15) is 41.7 Å². The Bertz CT molecular complexity index is 1370. The van der Waals surface area contributed by atoms with Crippen LogP contribution in [0.2, 0.25) is 0 Å². The lowest BCUT2D eigenvalue weighted by molar-refractivity contribution is -0.136. The summed E-state index contributed by atoms with van der Waals surface area (Å²) in [5.41, 5.74) is 0.332. The van der Waals surface area contributed by atoms with Gasteiger partial charge >= 0.3 is 12.0 Å². The number of amides is 2. The molecule has 3 aromatic rings. The molecule has 2 amide bonds. The minimum atomic E-state index is -4.16. The van der Waals surface area contributed by atoms with Crippen molar-refractivity contribution in [2.24, 2.45) is 5.92 Å². The molecule has 0 radical (unpaired) electrons. The highest BCUT2D eigenvalue weighted by molar-refractivity contribution is 7.93. The zero-order valence-electron chi connectivity index (χ0n) is 18.3. The number of aromatic nitrogens is 3. The second-order valence-corrected chi connectivity index (χ2v) is 10.9. The molecule has 1 fully saturated rings. The lowest BCUT2D eigenvalue weighted by atomic mass is 9.96. The number of anilines is 2. The third-order valence-electron chi connectivity index (χ3n) is 5.42. The minimum Gasteiger partial charge on any atom is -0.481 e. The van der Waals surface area contributed by atoms with Crippen molar-refractivity contribution in [3.63, 3.8) is 0 Å². The zero-order chi connectivity index (χ0) is 25.0. The van der Waals surface area contributed by atoms with Gasteiger partial charge in [-0.1, -0.05) is 30.2 Å². The maximum absolute atomic E-state index is 13.0. The van der Waals surface area contributed by atoms with E-state index in [2.05, 4.69) is 25.6 Å². The zero-order valence-corrected chi connectivity index (χ0v) is 19.9. The Morgan fingerprint density at radius 1 is 1.09 bits per heavy atom. The Kier molecular flexibility index (Phi) is 7.17. The number of carboxylic acids is 1. The molecule has 1 saturated carbocycles. The molecule has 0 bridgehead atoms. The summed E-state index contributed by atoms with van der Waals surface area (Å²) >= 11 is 0.616. The monoisotopic (exact) mass is 515 g/mol. The van der Waals surface area contributed by atoms with Gasteiger partial charge in [-0.2, -0.15) is 0 Å². The summed E-state index contributed by atoms with van der Waals surface area (Å²) in [6.45, 7) is 0. The lowest BCUT2D eigenvalue weighted by Gasteiger charge is -2.13. The van der Waals surface area contributed by atoms with Crippen molar-refractivity contribution in [2.75, 3.05) is 10.6 Å². The van der Waals surface area contributed by atoms with Gasteiger partial charge in [-0.15, -0.1) is 0 Å². The van der Waals surface area contributed by atoms with Crippen molar-refractivity contribution in [2.45, 2.75) is 41.3 Å². The van der Waals surface area contributed by atoms with Crippen LogP contribution in [0, 0.1) is 5.92 Å². The maximum Gasteiger partial charge on any atom is 0.325 e. The standard InChI is InChI=1S/C22H21N5O6S2/c28-18(29)11-15-20(35(32,33)17-7-3-4-9-24-17)34-22(26-15)27-21(31)25-16-12-23-10-8-14(16)19(30)13-5-1-2-6-13/h3-4,7-10,12-13H,1-2,5-6,11H2,(H,28,29)(H2,25,26,27,31). The van der Waals surface area contributed by atoms with Crippen molar-refractivity contribution in [3.05, 3.63) is 54.1 Å². The molecule has 35 heavy (non-hydrogen) atoms. The molecule has 0 aliphatic heterocycles. The van der Waals surface area contributed by atoms with Crippen molar-refractivity contribution < 1.29 is 27.9 Å². The fourth-order valence-corrected chi connectivity index (χ4v) is 6.54. The molecule has 4 rings (SSSR count). The van der Waals surface area contributed by atoms with E-state index in [1.165, 1.54) is 30.7 Å². The first kappa shape index (κ1) is 24.4.